The van der Waals surface area contributed by atoms with Crippen LogP contribution in [-0.4, -0.2) is 15.8 Å². The summed E-state index contributed by atoms with van der Waals surface area (Å²) in [5.74, 6) is 0.679. The van der Waals surface area contributed by atoms with Gasteiger partial charge in [0, 0.05) is 11.4 Å². The van der Waals surface area contributed by atoms with Gasteiger partial charge in [-0.2, -0.15) is 0 Å². The molecule has 1 aliphatic carbocycles. The van der Waals surface area contributed by atoms with E-state index in [0.717, 1.165) is 34.6 Å². The Bertz CT molecular complexity index is 811. The molecule has 23 heavy (non-hydrogen) atoms. The van der Waals surface area contributed by atoms with Gasteiger partial charge in [0.15, 0.2) is 5.16 Å². The van der Waals surface area contributed by atoms with E-state index < -0.39 is 0 Å². The summed E-state index contributed by atoms with van der Waals surface area (Å²) in [4.78, 5) is 20.0. The van der Waals surface area contributed by atoms with E-state index in [-0.39, 0.29) is 5.56 Å². The lowest BCUT2D eigenvalue weighted by atomic mass is 9.72. The predicted molar refractivity (Wildman–Crippen MR) is 101 cm³/mol. The van der Waals surface area contributed by atoms with Gasteiger partial charge in [-0.3, -0.25) is 9.36 Å². The molecule has 0 saturated carbocycles. The van der Waals surface area contributed by atoms with E-state index in [0.29, 0.717) is 17.9 Å². The van der Waals surface area contributed by atoms with Gasteiger partial charge < -0.3 is 0 Å². The van der Waals surface area contributed by atoms with Crippen molar-refractivity contribution in [1.29, 1.82) is 0 Å². The number of hydrogen-bond acceptors (Lipinski definition) is 4. The predicted octanol–water partition coefficient (Wildman–Crippen LogP) is 4.52. The summed E-state index contributed by atoms with van der Waals surface area (Å²) >= 11 is 3.25. The molecular formula is C18H24N2OS2. The summed E-state index contributed by atoms with van der Waals surface area (Å²) in [6.07, 6.45) is 6.98. The van der Waals surface area contributed by atoms with E-state index >= 15 is 0 Å². The van der Waals surface area contributed by atoms with Crippen molar-refractivity contribution in [3.8, 4) is 0 Å². The largest absolute Gasteiger partial charge is 0.283 e. The Hall–Kier alpha value is -1.07. The summed E-state index contributed by atoms with van der Waals surface area (Å²) in [7, 11) is 0. The summed E-state index contributed by atoms with van der Waals surface area (Å²) in [6, 6.07) is 0. The highest BCUT2D eigenvalue weighted by atomic mass is 32.2. The van der Waals surface area contributed by atoms with Crippen LogP contribution in [0.5, 0.6) is 0 Å². The molecule has 0 aromatic carbocycles. The molecule has 1 atom stereocenters. The summed E-state index contributed by atoms with van der Waals surface area (Å²) in [6.45, 7) is 11.2. The summed E-state index contributed by atoms with van der Waals surface area (Å²) < 4.78 is 1.75. The van der Waals surface area contributed by atoms with Crippen LogP contribution in [0.4, 0.5) is 0 Å². The van der Waals surface area contributed by atoms with Crippen LogP contribution in [0.1, 0.15) is 37.6 Å². The Morgan fingerprint density at radius 2 is 2.22 bits per heavy atom. The van der Waals surface area contributed by atoms with Gasteiger partial charge in [0.2, 0.25) is 0 Å². The number of nitrogens with zero attached hydrogens (tertiary/aromatic N) is 2. The molecule has 0 amide bonds. The first-order valence-electron chi connectivity index (χ1n) is 8.06. The number of thioether (sulfide) groups is 1. The first kappa shape index (κ1) is 16.8. The summed E-state index contributed by atoms with van der Waals surface area (Å²) in [5, 5.41) is 1.64. The molecule has 0 spiro atoms. The first-order chi connectivity index (χ1) is 10.9. The zero-order chi connectivity index (χ0) is 16.8. The van der Waals surface area contributed by atoms with Gasteiger partial charge in [-0.05, 0) is 42.4 Å². The highest BCUT2D eigenvalue weighted by molar-refractivity contribution is 7.98. The van der Waals surface area contributed by atoms with Crippen molar-refractivity contribution in [3.05, 3.63) is 33.4 Å². The van der Waals surface area contributed by atoms with Crippen LogP contribution in [0.25, 0.3) is 10.2 Å². The summed E-state index contributed by atoms with van der Waals surface area (Å²) in [5.41, 5.74) is 1.67. The number of aryl methyl sites for hydroxylation is 1. The molecule has 0 radical (unpaired) electrons. The monoisotopic (exact) mass is 348 g/mol. The van der Waals surface area contributed by atoms with Gasteiger partial charge in [-0.1, -0.05) is 38.6 Å². The van der Waals surface area contributed by atoms with Gasteiger partial charge in [0.25, 0.3) is 5.56 Å². The third kappa shape index (κ3) is 2.89. The number of allylic oxidation sites excluding steroid dienone is 1. The van der Waals surface area contributed by atoms with E-state index in [1.807, 2.05) is 6.26 Å². The lowest BCUT2D eigenvalue weighted by molar-refractivity contribution is 0.218. The van der Waals surface area contributed by atoms with Crippen molar-refractivity contribution in [2.24, 2.45) is 11.3 Å². The number of aromatic nitrogens is 2. The smallest absolute Gasteiger partial charge is 0.263 e. The van der Waals surface area contributed by atoms with Crippen molar-refractivity contribution < 1.29 is 0 Å². The Morgan fingerprint density at radius 3 is 2.83 bits per heavy atom. The average molecular weight is 349 g/mol. The maximum absolute atomic E-state index is 13.0. The maximum atomic E-state index is 13.0. The van der Waals surface area contributed by atoms with Crippen LogP contribution in [0.15, 0.2) is 22.6 Å². The van der Waals surface area contributed by atoms with E-state index in [9.17, 15) is 4.79 Å². The van der Waals surface area contributed by atoms with E-state index in [1.165, 1.54) is 22.2 Å². The van der Waals surface area contributed by atoms with Gasteiger partial charge in [-0.15, -0.1) is 17.9 Å². The zero-order valence-electron chi connectivity index (χ0n) is 14.3. The van der Waals surface area contributed by atoms with Crippen LogP contribution in [0.3, 0.4) is 0 Å². The molecular weight excluding hydrogens is 324 g/mol. The fourth-order valence-corrected chi connectivity index (χ4v) is 5.33. The second-order valence-electron chi connectivity index (χ2n) is 7.29. The van der Waals surface area contributed by atoms with Gasteiger partial charge in [0.1, 0.15) is 4.83 Å². The minimum absolute atomic E-state index is 0.103. The van der Waals surface area contributed by atoms with E-state index in [1.54, 1.807) is 22.0 Å². The number of thiophene rings is 1. The molecule has 1 aliphatic rings. The van der Waals surface area contributed by atoms with Crippen LogP contribution in [0, 0.1) is 11.3 Å². The van der Waals surface area contributed by atoms with Crippen molar-refractivity contribution in [2.75, 3.05) is 6.26 Å². The third-order valence-electron chi connectivity index (χ3n) is 4.85. The Balaban J connectivity index is 2.17. The van der Waals surface area contributed by atoms with Crippen molar-refractivity contribution in [3.63, 3.8) is 0 Å². The van der Waals surface area contributed by atoms with Crippen LogP contribution in [-0.2, 0) is 19.4 Å². The molecule has 2 heterocycles. The minimum Gasteiger partial charge on any atom is -0.283 e. The molecule has 0 fully saturated rings. The van der Waals surface area contributed by atoms with E-state index in [2.05, 4.69) is 27.4 Å². The van der Waals surface area contributed by atoms with Crippen LogP contribution in [0.2, 0.25) is 0 Å². The molecule has 5 heteroatoms. The van der Waals surface area contributed by atoms with Gasteiger partial charge in [-0.25, -0.2) is 4.98 Å². The second-order valence-corrected chi connectivity index (χ2v) is 9.15. The number of fused-ring (bicyclic) bond motifs is 3. The first-order valence-corrected chi connectivity index (χ1v) is 10.1. The maximum Gasteiger partial charge on any atom is 0.263 e. The minimum atomic E-state index is 0.103. The Labute approximate surface area is 145 Å². The molecule has 0 bridgehead atoms. The van der Waals surface area contributed by atoms with Crippen LogP contribution >= 0.6 is 23.1 Å². The van der Waals surface area contributed by atoms with Crippen molar-refractivity contribution in [2.45, 2.75) is 51.7 Å². The Kier molecular flexibility index (Phi) is 4.45. The third-order valence-corrected chi connectivity index (χ3v) is 6.68. The average Bonchev–Trinajstić information content (AvgIpc) is 2.86. The van der Waals surface area contributed by atoms with Crippen molar-refractivity contribution in [1.82, 2.24) is 9.55 Å². The molecule has 3 nitrogen and oxygen atoms in total. The molecule has 1 unspecified atom stereocenters. The lowest BCUT2D eigenvalue weighted by Crippen LogP contribution is -2.27. The Morgan fingerprint density at radius 1 is 1.48 bits per heavy atom. The quantitative estimate of drug-likeness (QED) is 0.465. The molecule has 0 N–H and O–H groups in total. The molecule has 2 aromatic heterocycles. The number of hydrogen-bond donors (Lipinski definition) is 0. The topological polar surface area (TPSA) is 34.9 Å². The molecule has 2 aromatic rings. The highest BCUT2D eigenvalue weighted by Gasteiger charge is 2.32. The van der Waals surface area contributed by atoms with Crippen LogP contribution < -0.4 is 5.56 Å². The normalized spacial score (nSPS) is 18.2. The fourth-order valence-electron chi connectivity index (χ4n) is 3.43. The SMILES string of the molecule is C=CCn1c(SC)nc2sc3c(c2c1=O)CCC(C(C)(C)C)C3. The lowest BCUT2D eigenvalue weighted by Gasteiger charge is -2.33. The molecule has 124 valence electrons. The standard InChI is InChI=1S/C18H24N2OS2/c1-6-9-20-16(21)14-12-8-7-11(18(2,3)4)10-13(12)23-15(14)19-17(20)22-5/h6,11H,1,7-10H2,2-5H3. The van der Waals surface area contributed by atoms with Crippen molar-refractivity contribution >= 4 is 33.3 Å². The van der Waals surface area contributed by atoms with Gasteiger partial charge in [0.05, 0.1) is 5.39 Å². The second kappa shape index (κ2) is 6.10. The number of rotatable bonds is 3. The van der Waals surface area contributed by atoms with E-state index in [4.69, 9.17) is 4.98 Å². The highest BCUT2D eigenvalue weighted by Crippen LogP contribution is 2.42. The fraction of sp³-hybridized carbons (Fsp3) is 0.556. The molecule has 0 saturated heterocycles. The van der Waals surface area contributed by atoms with Gasteiger partial charge >= 0.3 is 0 Å². The molecule has 0 aliphatic heterocycles. The molecule has 3 rings (SSSR count). The zero-order valence-corrected chi connectivity index (χ0v) is 15.9.